The van der Waals surface area contributed by atoms with E-state index >= 15 is 0 Å². The molecule has 0 saturated heterocycles. The van der Waals surface area contributed by atoms with E-state index in [1.807, 2.05) is 36.2 Å². The van der Waals surface area contributed by atoms with Crippen molar-refractivity contribution in [2.45, 2.75) is 33.4 Å². The zero-order valence-corrected chi connectivity index (χ0v) is 14.8. The number of para-hydroxylation sites is 1. The number of likely N-dealkylation sites (N-methyl/N-ethyl adjacent to an activating group) is 1. The van der Waals surface area contributed by atoms with Gasteiger partial charge in [0.1, 0.15) is 0 Å². The van der Waals surface area contributed by atoms with Crippen LogP contribution >= 0.6 is 24.8 Å². The molecule has 0 radical (unpaired) electrons. The first-order valence-electron chi connectivity index (χ1n) is 6.83. The van der Waals surface area contributed by atoms with Gasteiger partial charge < -0.3 is 10.6 Å². The van der Waals surface area contributed by atoms with Gasteiger partial charge in [-0.15, -0.1) is 24.8 Å². The SMILES string of the molecule is CCNCc1ccccc1NC(=O)CN(C)C(C)C.Cl.Cl. The molecule has 0 unspecified atom stereocenters. The molecule has 0 aliphatic heterocycles. The highest BCUT2D eigenvalue weighted by molar-refractivity contribution is 5.93. The van der Waals surface area contributed by atoms with Gasteiger partial charge in [0, 0.05) is 18.3 Å². The predicted octanol–water partition coefficient (Wildman–Crippen LogP) is 2.92. The monoisotopic (exact) mass is 335 g/mol. The highest BCUT2D eigenvalue weighted by atomic mass is 35.5. The number of hydrogen-bond acceptors (Lipinski definition) is 3. The molecule has 4 nitrogen and oxygen atoms in total. The Morgan fingerprint density at radius 2 is 1.86 bits per heavy atom. The summed E-state index contributed by atoms with van der Waals surface area (Å²) in [7, 11) is 1.95. The predicted molar refractivity (Wildman–Crippen MR) is 94.7 cm³/mol. The third kappa shape index (κ3) is 8.27. The number of carbonyl (C=O) groups is 1. The smallest absolute Gasteiger partial charge is 0.238 e. The van der Waals surface area contributed by atoms with Crippen LogP contribution in [0, 0.1) is 0 Å². The van der Waals surface area contributed by atoms with E-state index in [0.717, 1.165) is 24.3 Å². The molecule has 21 heavy (non-hydrogen) atoms. The molecule has 6 heteroatoms. The minimum absolute atomic E-state index is 0. The fourth-order valence-corrected chi connectivity index (χ4v) is 1.65. The van der Waals surface area contributed by atoms with E-state index in [2.05, 4.69) is 31.4 Å². The molecule has 1 aromatic carbocycles. The van der Waals surface area contributed by atoms with Crippen LogP contribution in [0.25, 0.3) is 0 Å². The first kappa shape index (κ1) is 22.5. The zero-order valence-electron chi connectivity index (χ0n) is 13.2. The van der Waals surface area contributed by atoms with Crippen LogP contribution in [-0.4, -0.2) is 37.0 Å². The second-order valence-corrected chi connectivity index (χ2v) is 4.99. The second kappa shape index (κ2) is 11.8. The molecule has 0 aliphatic rings. The summed E-state index contributed by atoms with van der Waals surface area (Å²) in [5.74, 6) is 0.0279. The summed E-state index contributed by atoms with van der Waals surface area (Å²) in [5.41, 5.74) is 2.01. The van der Waals surface area contributed by atoms with Crippen LogP contribution in [-0.2, 0) is 11.3 Å². The molecule has 1 aromatic rings. The number of benzene rings is 1. The van der Waals surface area contributed by atoms with E-state index in [9.17, 15) is 4.79 Å². The minimum Gasteiger partial charge on any atom is -0.325 e. The number of carbonyl (C=O) groups excluding carboxylic acids is 1. The number of nitrogens with one attached hydrogen (secondary N) is 2. The summed E-state index contributed by atoms with van der Waals surface area (Å²) in [6, 6.07) is 8.27. The maximum atomic E-state index is 12.0. The average Bonchev–Trinajstić information content (AvgIpc) is 2.37. The van der Waals surface area contributed by atoms with Crippen molar-refractivity contribution in [1.29, 1.82) is 0 Å². The average molecular weight is 336 g/mol. The van der Waals surface area contributed by atoms with Gasteiger partial charge in [-0.1, -0.05) is 25.1 Å². The van der Waals surface area contributed by atoms with Gasteiger partial charge in [0.25, 0.3) is 0 Å². The third-order valence-electron chi connectivity index (χ3n) is 3.13. The van der Waals surface area contributed by atoms with Crippen LogP contribution in [0.3, 0.4) is 0 Å². The molecule has 0 spiro atoms. The summed E-state index contributed by atoms with van der Waals surface area (Å²) in [5, 5.41) is 6.26. The summed E-state index contributed by atoms with van der Waals surface area (Å²) >= 11 is 0. The van der Waals surface area contributed by atoms with E-state index in [1.54, 1.807) is 0 Å². The Kier molecular flexibility index (Phi) is 12.6. The standard InChI is InChI=1S/C15H25N3O.2ClH/c1-5-16-10-13-8-6-7-9-14(13)17-15(19)11-18(4)12(2)3;;/h6-9,12,16H,5,10-11H2,1-4H3,(H,17,19);2*1H. The molecule has 0 saturated carbocycles. The summed E-state index contributed by atoms with van der Waals surface area (Å²) in [4.78, 5) is 14.0. The molecule has 0 bridgehead atoms. The fraction of sp³-hybridized carbons (Fsp3) is 0.533. The molecular formula is C15H27Cl2N3O. The van der Waals surface area contributed by atoms with Crippen molar-refractivity contribution in [3.63, 3.8) is 0 Å². The first-order valence-corrected chi connectivity index (χ1v) is 6.83. The van der Waals surface area contributed by atoms with Crippen molar-refractivity contribution in [2.24, 2.45) is 0 Å². The van der Waals surface area contributed by atoms with E-state index in [0.29, 0.717) is 12.6 Å². The topological polar surface area (TPSA) is 44.4 Å². The Bertz CT molecular complexity index is 414. The number of rotatable bonds is 7. The minimum atomic E-state index is 0. The van der Waals surface area contributed by atoms with E-state index < -0.39 is 0 Å². The lowest BCUT2D eigenvalue weighted by Crippen LogP contribution is -2.35. The van der Waals surface area contributed by atoms with Gasteiger partial charge in [-0.3, -0.25) is 9.69 Å². The Labute approximate surface area is 140 Å². The zero-order chi connectivity index (χ0) is 14.3. The Hall–Kier alpha value is -0.810. The number of amides is 1. The molecule has 0 heterocycles. The van der Waals surface area contributed by atoms with Gasteiger partial charge in [0.05, 0.1) is 6.54 Å². The molecule has 0 aliphatic carbocycles. The van der Waals surface area contributed by atoms with Crippen molar-refractivity contribution in [2.75, 3.05) is 25.5 Å². The van der Waals surface area contributed by atoms with Gasteiger partial charge in [-0.2, -0.15) is 0 Å². The molecule has 0 fully saturated rings. The molecule has 2 N–H and O–H groups in total. The largest absolute Gasteiger partial charge is 0.325 e. The quantitative estimate of drug-likeness (QED) is 0.805. The number of nitrogens with zero attached hydrogens (tertiary/aromatic N) is 1. The van der Waals surface area contributed by atoms with E-state index in [-0.39, 0.29) is 30.7 Å². The second-order valence-electron chi connectivity index (χ2n) is 4.99. The highest BCUT2D eigenvalue weighted by Crippen LogP contribution is 2.14. The Morgan fingerprint density at radius 1 is 1.24 bits per heavy atom. The first-order chi connectivity index (χ1) is 9.04. The lowest BCUT2D eigenvalue weighted by molar-refractivity contribution is -0.117. The third-order valence-corrected chi connectivity index (χ3v) is 3.13. The normalized spacial score (nSPS) is 10.0. The number of hydrogen-bond donors (Lipinski definition) is 2. The summed E-state index contributed by atoms with van der Waals surface area (Å²) in [6.45, 7) is 8.32. The fourth-order valence-electron chi connectivity index (χ4n) is 1.65. The van der Waals surface area contributed by atoms with Gasteiger partial charge in [-0.05, 0) is 39.1 Å². The van der Waals surface area contributed by atoms with E-state index in [4.69, 9.17) is 0 Å². The van der Waals surface area contributed by atoms with Gasteiger partial charge in [-0.25, -0.2) is 0 Å². The van der Waals surface area contributed by atoms with Crippen molar-refractivity contribution in [3.8, 4) is 0 Å². The Balaban J connectivity index is 0. The maximum absolute atomic E-state index is 12.0. The summed E-state index contributed by atoms with van der Waals surface area (Å²) < 4.78 is 0. The summed E-state index contributed by atoms with van der Waals surface area (Å²) in [6.07, 6.45) is 0. The van der Waals surface area contributed by atoms with Gasteiger partial charge >= 0.3 is 0 Å². The Morgan fingerprint density at radius 3 is 2.43 bits per heavy atom. The molecule has 122 valence electrons. The van der Waals surface area contributed by atoms with Crippen LogP contribution in [0.5, 0.6) is 0 Å². The van der Waals surface area contributed by atoms with Crippen molar-refractivity contribution < 1.29 is 4.79 Å². The van der Waals surface area contributed by atoms with Crippen LogP contribution in [0.1, 0.15) is 26.3 Å². The van der Waals surface area contributed by atoms with Crippen LogP contribution in [0.4, 0.5) is 5.69 Å². The lowest BCUT2D eigenvalue weighted by atomic mass is 10.1. The van der Waals surface area contributed by atoms with Gasteiger partial charge in [0.15, 0.2) is 0 Å². The van der Waals surface area contributed by atoms with Gasteiger partial charge in [0.2, 0.25) is 5.91 Å². The molecule has 1 amide bonds. The highest BCUT2D eigenvalue weighted by Gasteiger charge is 2.10. The number of anilines is 1. The molecule has 1 rings (SSSR count). The molecular weight excluding hydrogens is 309 g/mol. The molecule has 0 aromatic heterocycles. The van der Waals surface area contributed by atoms with E-state index in [1.165, 1.54) is 0 Å². The lowest BCUT2D eigenvalue weighted by Gasteiger charge is -2.20. The maximum Gasteiger partial charge on any atom is 0.238 e. The molecule has 0 atom stereocenters. The van der Waals surface area contributed by atoms with Crippen molar-refractivity contribution in [3.05, 3.63) is 29.8 Å². The van der Waals surface area contributed by atoms with Crippen molar-refractivity contribution >= 4 is 36.4 Å². The van der Waals surface area contributed by atoms with Crippen LogP contribution < -0.4 is 10.6 Å². The number of halogens is 2. The van der Waals surface area contributed by atoms with Crippen LogP contribution in [0.2, 0.25) is 0 Å². The van der Waals surface area contributed by atoms with Crippen LogP contribution in [0.15, 0.2) is 24.3 Å². The van der Waals surface area contributed by atoms with Crippen molar-refractivity contribution in [1.82, 2.24) is 10.2 Å².